The summed E-state index contributed by atoms with van der Waals surface area (Å²) in [6.07, 6.45) is 7.68. The van der Waals surface area contributed by atoms with E-state index in [9.17, 15) is 9.59 Å². The van der Waals surface area contributed by atoms with Gasteiger partial charge in [-0.1, -0.05) is 12.1 Å². The first-order valence-corrected chi connectivity index (χ1v) is 7.86. The standard InChI is InChI=1S/C19H14N4O2/c1-12(24)13-10-16-14(11-15(13)21-17-6-2-4-8-20-17)19(25)23-9-5-3-7-18(23)22-16/h2-5,7-11H,6H2,1H3/b21-17-. The van der Waals surface area contributed by atoms with E-state index in [4.69, 9.17) is 0 Å². The van der Waals surface area contributed by atoms with Crippen LogP contribution in [0.3, 0.4) is 0 Å². The largest absolute Gasteiger partial charge is 0.294 e. The molecule has 6 heteroatoms. The average Bonchev–Trinajstić information content (AvgIpc) is 2.63. The van der Waals surface area contributed by atoms with Gasteiger partial charge in [-0.15, -0.1) is 0 Å². The second-order valence-electron chi connectivity index (χ2n) is 5.73. The van der Waals surface area contributed by atoms with Crippen LogP contribution in [0.1, 0.15) is 23.7 Å². The number of carbonyl (C=O) groups is 1. The normalized spacial score (nSPS) is 15.3. The van der Waals surface area contributed by atoms with Crippen LogP contribution < -0.4 is 5.56 Å². The molecule has 1 aliphatic rings. The fourth-order valence-electron chi connectivity index (χ4n) is 2.79. The number of fused-ring (bicyclic) bond motifs is 2. The Kier molecular flexibility index (Phi) is 3.57. The van der Waals surface area contributed by atoms with Gasteiger partial charge in [-0.2, -0.15) is 0 Å². The summed E-state index contributed by atoms with van der Waals surface area (Å²) in [5.41, 5.74) is 1.70. The highest BCUT2D eigenvalue weighted by Gasteiger charge is 2.14. The molecule has 3 heterocycles. The minimum absolute atomic E-state index is 0.133. The van der Waals surface area contributed by atoms with Crippen molar-refractivity contribution in [2.24, 2.45) is 9.98 Å². The third-order valence-electron chi connectivity index (χ3n) is 4.01. The summed E-state index contributed by atoms with van der Waals surface area (Å²) in [6.45, 7) is 1.47. The molecule has 0 aliphatic carbocycles. The van der Waals surface area contributed by atoms with Crippen molar-refractivity contribution >= 4 is 40.1 Å². The molecule has 3 aromatic rings. The van der Waals surface area contributed by atoms with Crippen molar-refractivity contribution in [3.05, 3.63) is 64.6 Å². The Hall–Kier alpha value is -3.41. The number of pyridine rings is 1. The van der Waals surface area contributed by atoms with Crippen LogP contribution in [0.25, 0.3) is 16.6 Å². The monoisotopic (exact) mass is 330 g/mol. The van der Waals surface area contributed by atoms with E-state index in [1.807, 2.05) is 18.2 Å². The summed E-state index contributed by atoms with van der Waals surface area (Å²) >= 11 is 0. The molecule has 0 N–H and O–H groups in total. The molecular weight excluding hydrogens is 316 g/mol. The highest BCUT2D eigenvalue weighted by Crippen LogP contribution is 2.26. The number of benzene rings is 1. The van der Waals surface area contributed by atoms with E-state index in [1.54, 1.807) is 36.7 Å². The van der Waals surface area contributed by atoms with Gasteiger partial charge in [0, 0.05) is 24.4 Å². The maximum Gasteiger partial charge on any atom is 0.265 e. The Bertz CT molecular complexity index is 1170. The van der Waals surface area contributed by atoms with Gasteiger partial charge in [0.15, 0.2) is 5.78 Å². The SMILES string of the molecule is CC(=O)c1cc2nc3ccccn3c(=O)c2cc1/N=C1/CC=CC=N1. The first kappa shape index (κ1) is 15.1. The lowest BCUT2D eigenvalue weighted by atomic mass is 10.1. The molecule has 0 unspecified atom stereocenters. The predicted octanol–water partition coefficient (Wildman–Crippen LogP) is 3.11. The maximum absolute atomic E-state index is 12.8. The molecule has 0 fully saturated rings. The molecule has 0 spiro atoms. The molecule has 6 nitrogen and oxygen atoms in total. The molecule has 0 saturated carbocycles. The lowest BCUT2D eigenvalue weighted by Crippen LogP contribution is -2.15. The average molecular weight is 330 g/mol. The zero-order valence-electron chi connectivity index (χ0n) is 13.5. The Labute approximate surface area is 142 Å². The van der Waals surface area contributed by atoms with E-state index < -0.39 is 0 Å². The van der Waals surface area contributed by atoms with E-state index in [0.29, 0.717) is 40.1 Å². The van der Waals surface area contributed by atoms with Gasteiger partial charge in [-0.25, -0.2) is 15.0 Å². The zero-order valence-corrected chi connectivity index (χ0v) is 13.5. The predicted molar refractivity (Wildman–Crippen MR) is 98.3 cm³/mol. The first-order chi connectivity index (χ1) is 12.1. The van der Waals surface area contributed by atoms with E-state index in [-0.39, 0.29) is 11.3 Å². The third kappa shape index (κ3) is 2.67. The lowest BCUT2D eigenvalue weighted by Gasteiger charge is -2.08. The summed E-state index contributed by atoms with van der Waals surface area (Å²) in [5, 5.41) is 0.420. The van der Waals surface area contributed by atoms with E-state index >= 15 is 0 Å². The van der Waals surface area contributed by atoms with Crippen molar-refractivity contribution < 1.29 is 4.79 Å². The zero-order chi connectivity index (χ0) is 17.4. The highest BCUT2D eigenvalue weighted by atomic mass is 16.1. The van der Waals surface area contributed by atoms with Gasteiger partial charge in [-0.05, 0) is 37.3 Å². The van der Waals surface area contributed by atoms with Crippen molar-refractivity contribution in [1.29, 1.82) is 0 Å². The van der Waals surface area contributed by atoms with Gasteiger partial charge in [0.05, 0.1) is 16.6 Å². The Balaban J connectivity index is 2.03. The molecule has 0 amide bonds. The number of Topliss-reactive ketones (excluding diaryl/α,β-unsaturated/α-hetero) is 1. The Morgan fingerprint density at radius 1 is 1.28 bits per heavy atom. The van der Waals surface area contributed by atoms with E-state index in [2.05, 4.69) is 15.0 Å². The molecule has 2 aromatic heterocycles. The molecule has 0 saturated heterocycles. The lowest BCUT2D eigenvalue weighted by molar-refractivity contribution is 0.101. The van der Waals surface area contributed by atoms with Crippen LogP contribution in [-0.2, 0) is 0 Å². The van der Waals surface area contributed by atoms with Gasteiger partial charge >= 0.3 is 0 Å². The second kappa shape index (κ2) is 5.90. The van der Waals surface area contributed by atoms with Crippen molar-refractivity contribution in [3.8, 4) is 0 Å². The van der Waals surface area contributed by atoms with Crippen LogP contribution in [-0.4, -0.2) is 27.2 Å². The number of nitrogens with zero attached hydrogens (tertiary/aromatic N) is 4. The molecular formula is C19H14N4O2. The molecule has 0 radical (unpaired) electrons. The number of amidine groups is 1. The molecule has 0 atom stereocenters. The van der Waals surface area contributed by atoms with Gasteiger partial charge in [0.25, 0.3) is 5.56 Å². The van der Waals surface area contributed by atoms with Crippen molar-refractivity contribution in [2.75, 3.05) is 0 Å². The number of allylic oxidation sites excluding steroid dienone is 1. The quantitative estimate of drug-likeness (QED) is 0.535. The Morgan fingerprint density at radius 2 is 2.16 bits per heavy atom. The fraction of sp³-hybridized carbons (Fsp3) is 0.105. The smallest absolute Gasteiger partial charge is 0.265 e. The summed E-state index contributed by atoms with van der Waals surface area (Å²) in [5.74, 6) is 0.463. The van der Waals surface area contributed by atoms with Crippen molar-refractivity contribution in [3.63, 3.8) is 0 Å². The molecule has 122 valence electrons. The number of hydrogen-bond acceptors (Lipinski definition) is 4. The van der Waals surface area contributed by atoms with Gasteiger partial charge in [0.1, 0.15) is 11.5 Å². The summed E-state index contributed by atoms with van der Waals surface area (Å²) < 4.78 is 1.48. The topological polar surface area (TPSA) is 76.2 Å². The van der Waals surface area contributed by atoms with Crippen LogP contribution in [0, 0.1) is 0 Å². The number of ketones is 1. The number of aliphatic imine (C=N–C) groups is 2. The number of rotatable bonds is 2. The second-order valence-corrected chi connectivity index (χ2v) is 5.73. The van der Waals surface area contributed by atoms with Crippen molar-refractivity contribution in [1.82, 2.24) is 9.38 Å². The van der Waals surface area contributed by atoms with E-state index in [1.165, 1.54) is 11.3 Å². The molecule has 4 rings (SSSR count). The first-order valence-electron chi connectivity index (χ1n) is 7.86. The number of carbonyl (C=O) groups excluding carboxylic acids is 1. The number of hydrogen-bond donors (Lipinski definition) is 0. The van der Waals surface area contributed by atoms with Crippen LogP contribution in [0.2, 0.25) is 0 Å². The minimum Gasteiger partial charge on any atom is -0.294 e. The van der Waals surface area contributed by atoms with Gasteiger partial charge in [0.2, 0.25) is 0 Å². The van der Waals surface area contributed by atoms with Crippen molar-refractivity contribution in [2.45, 2.75) is 13.3 Å². The van der Waals surface area contributed by atoms with E-state index in [0.717, 1.165) is 0 Å². The number of dihydropyridines is 1. The fourth-order valence-corrected chi connectivity index (χ4v) is 2.79. The minimum atomic E-state index is -0.191. The molecule has 25 heavy (non-hydrogen) atoms. The third-order valence-corrected chi connectivity index (χ3v) is 4.01. The van der Waals surface area contributed by atoms with Crippen LogP contribution in [0.4, 0.5) is 5.69 Å². The summed E-state index contributed by atoms with van der Waals surface area (Å²) in [7, 11) is 0. The molecule has 1 aromatic carbocycles. The number of aromatic nitrogens is 2. The molecule has 1 aliphatic heterocycles. The van der Waals surface area contributed by atoms with Gasteiger partial charge < -0.3 is 0 Å². The Morgan fingerprint density at radius 3 is 2.92 bits per heavy atom. The highest BCUT2D eigenvalue weighted by molar-refractivity contribution is 6.05. The summed E-state index contributed by atoms with van der Waals surface area (Å²) in [6, 6.07) is 8.60. The maximum atomic E-state index is 12.8. The van der Waals surface area contributed by atoms with Crippen LogP contribution in [0.5, 0.6) is 0 Å². The van der Waals surface area contributed by atoms with Crippen LogP contribution in [0.15, 0.2) is 63.5 Å². The van der Waals surface area contributed by atoms with Crippen LogP contribution >= 0.6 is 0 Å². The summed E-state index contributed by atoms with van der Waals surface area (Å²) in [4.78, 5) is 38.0. The molecule has 0 bridgehead atoms. The van der Waals surface area contributed by atoms with Gasteiger partial charge in [-0.3, -0.25) is 14.0 Å².